The van der Waals surface area contributed by atoms with Crippen LogP contribution in [0.3, 0.4) is 0 Å². The van der Waals surface area contributed by atoms with Crippen molar-refractivity contribution in [1.29, 1.82) is 0 Å². The van der Waals surface area contributed by atoms with Crippen molar-refractivity contribution in [2.45, 2.75) is 25.9 Å². The van der Waals surface area contributed by atoms with Crippen LogP contribution in [0.2, 0.25) is 0 Å². The first-order chi connectivity index (χ1) is 10.1. The fourth-order valence-electron chi connectivity index (χ4n) is 2.98. The molecule has 108 valence electrons. The molecule has 1 atom stereocenters. The summed E-state index contributed by atoms with van der Waals surface area (Å²) in [5.74, 6) is -0.849. The molecule has 3 heteroatoms. The molecular weight excluding hydrogens is 262 g/mol. The fourth-order valence-corrected chi connectivity index (χ4v) is 2.98. The van der Waals surface area contributed by atoms with E-state index in [4.69, 9.17) is 5.11 Å². The van der Waals surface area contributed by atoms with E-state index in [9.17, 15) is 4.79 Å². The predicted molar refractivity (Wildman–Crippen MR) is 82.4 cm³/mol. The Balaban J connectivity index is 1.80. The van der Waals surface area contributed by atoms with Gasteiger partial charge in [-0.3, -0.25) is 4.90 Å². The highest BCUT2D eigenvalue weighted by Gasteiger charge is 2.22. The Morgan fingerprint density at radius 2 is 1.90 bits per heavy atom. The van der Waals surface area contributed by atoms with E-state index in [1.54, 1.807) is 6.07 Å². The second kappa shape index (κ2) is 5.70. The number of carbonyl (C=O) groups is 1. The van der Waals surface area contributed by atoms with E-state index in [1.165, 1.54) is 16.7 Å². The summed E-state index contributed by atoms with van der Waals surface area (Å²) in [6, 6.07) is 16.4. The minimum absolute atomic E-state index is 0.374. The van der Waals surface area contributed by atoms with Gasteiger partial charge in [-0.05, 0) is 42.2 Å². The number of rotatable bonds is 3. The Labute approximate surface area is 124 Å². The van der Waals surface area contributed by atoms with Crippen LogP contribution in [0.1, 0.15) is 40.0 Å². The van der Waals surface area contributed by atoms with E-state index in [1.807, 2.05) is 18.2 Å². The lowest BCUT2D eigenvalue weighted by Crippen LogP contribution is -2.33. The maximum Gasteiger partial charge on any atom is 0.335 e. The summed E-state index contributed by atoms with van der Waals surface area (Å²) < 4.78 is 0. The Bertz CT molecular complexity index is 652. The van der Waals surface area contributed by atoms with Crippen molar-refractivity contribution in [3.8, 4) is 0 Å². The van der Waals surface area contributed by atoms with Gasteiger partial charge < -0.3 is 5.11 Å². The highest BCUT2D eigenvalue weighted by Crippen LogP contribution is 2.28. The molecule has 1 unspecified atom stereocenters. The topological polar surface area (TPSA) is 40.5 Å². The highest BCUT2D eigenvalue weighted by molar-refractivity contribution is 5.87. The van der Waals surface area contributed by atoms with E-state index in [2.05, 4.69) is 36.1 Å². The van der Waals surface area contributed by atoms with Crippen LogP contribution < -0.4 is 0 Å². The van der Waals surface area contributed by atoms with Crippen molar-refractivity contribution in [3.63, 3.8) is 0 Å². The molecule has 2 aromatic rings. The molecule has 0 aliphatic carbocycles. The molecule has 0 saturated carbocycles. The number of aromatic carboxylic acids is 1. The predicted octanol–water partition coefficient (Wildman–Crippen LogP) is 3.50. The maximum atomic E-state index is 11.0. The van der Waals surface area contributed by atoms with Crippen molar-refractivity contribution in [2.24, 2.45) is 0 Å². The monoisotopic (exact) mass is 281 g/mol. The molecule has 0 aromatic heterocycles. The van der Waals surface area contributed by atoms with E-state index >= 15 is 0 Å². The minimum atomic E-state index is -0.849. The SMILES string of the molecule is CC(c1ccccc1)N1CCc2cc(C(=O)O)ccc2C1. The van der Waals surface area contributed by atoms with Gasteiger partial charge in [0.25, 0.3) is 0 Å². The van der Waals surface area contributed by atoms with Crippen LogP contribution in [0.25, 0.3) is 0 Å². The molecule has 1 N–H and O–H groups in total. The van der Waals surface area contributed by atoms with Crippen LogP contribution in [0.15, 0.2) is 48.5 Å². The lowest BCUT2D eigenvalue weighted by molar-refractivity contribution is 0.0696. The fraction of sp³-hybridized carbons (Fsp3) is 0.278. The van der Waals surface area contributed by atoms with Crippen LogP contribution in [-0.2, 0) is 13.0 Å². The molecule has 21 heavy (non-hydrogen) atoms. The van der Waals surface area contributed by atoms with Gasteiger partial charge in [-0.1, -0.05) is 36.4 Å². The molecule has 0 radical (unpaired) electrons. The first-order valence-corrected chi connectivity index (χ1v) is 7.29. The third kappa shape index (κ3) is 2.83. The lowest BCUT2D eigenvalue weighted by Gasteiger charge is -2.34. The second-order valence-electron chi connectivity index (χ2n) is 5.60. The lowest BCUT2D eigenvalue weighted by atomic mass is 9.95. The highest BCUT2D eigenvalue weighted by atomic mass is 16.4. The number of carboxylic acid groups (broad SMARTS) is 1. The molecule has 1 aliphatic heterocycles. The number of benzene rings is 2. The molecule has 1 heterocycles. The summed E-state index contributed by atoms with van der Waals surface area (Å²) in [6.45, 7) is 4.07. The summed E-state index contributed by atoms with van der Waals surface area (Å²) in [5.41, 5.74) is 4.13. The third-order valence-corrected chi connectivity index (χ3v) is 4.32. The first-order valence-electron chi connectivity index (χ1n) is 7.29. The summed E-state index contributed by atoms with van der Waals surface area (Å²) in [6.07, 6.45) is 0.910. The summed E-state index contributed by atoms with van der Waals surface area (Å²) in [4.78, 5) is 13.5. The number of fused-ring (bicyclic) bond motifs is 1. The molecule has 2 aromatic carbocycles. The number of carboxylic acids is 1. The molecule has 3 nitrogen and oxygen atoms in total. The normalized spacial score (nSPS) is 16.2. The van der Waals surface area contributed by atoms with Gasteiger partial charge in [0.05, 0.1) is 5.56 Å². The largest absolute Gasteiger partial charge is 0.478 e. The van der Waals surface area contributed by atoms with Gasteiger partial charge in [-0.15, -0.1) is 0 Å². The van der Waals surface area contributed by atoms with Crippen molar-refractivity contribution < 1.29 is 9.90 Å². The van der Waals surface area contributed by atoms with Crippen molar-refractivity contribution in [2.75, 3.05) is 6.54 Å². The average Bonchev–Trinajstić information content (AvgIpc) is 2.54. The molecule has 0 fully saturated rings. The summed E-state index contributed by atoms with van der Waals surface area (Å²) in [5, 5.41) is 9.06. The van der Waals surface area contributed by atoms with Gasteiger partial charge in [0, 0.05) is 19.1 Å². The van der Waals surface area contributed by atoms with Crippen LogP contribution >= 0.6 is 0 Å². The zero-order chi connectivity index (χ0) is 14.8. The smallest absolute Gasteiger partial charge is 0.335 e. The number of nitrogens with zero attached hydrogens (tertiary/aromatic N) is 1. The molecule has 1 aliphatic rings. The molecule has 0 amide bonds. The number of hydrogen-bond acceptors (Lipinski definition) is 2. The van der Waals surface area contributed by atoms with E-state index in [0.29, 0.717) is 11.6 Å². The van der Waals surface area contributed by atoms with Crippen molar-refractivity contribution in [1.82, 2.24) is 4.90 Å². The van der Waals surface area contributed by atoms with Crippen LogP contribution in [0, 0.1) is 0 Å². The Morgan fingerprint density at radius 3 is 2.62 bits per heavy atom. The summed E-state index contributed by atoms with van der Waals surface area (Å²) >= 11 is 0. The van der Waals surface area contributed by atoms with Crippen LogP contribution in [0.4, 0.5) is 0 Å². The van der Waals surface area contributed by atoms with E-state index in [-0.39, 0.29) is 0 Å². The quantitative estimate of drug-likeness (QED) is 0.936. The van der Waals surface area contributed by atoms with Gasteiger partial charge in [0.15, 0.2) is 0 Å². The molecule has 0 saturated heterocycles. The summed E-state index contributed by atoms with van der Waals surface area (Å²) in [7, 11) is 0. The number of hydrogen-bond donors (Lipinski definition) is 1. The third-order valence-electron chi connectivity index (χ3n) is 4.32. The second-order valence-corrected chi connectivity index (χ2v) is 5.60. The standard InChI is InChI=1S/C18H19NO2/c1-13(14-5-3-2-4-6-14)19-10-9-15-11-16(18(20)21)7-8-17(15)12-19/h2-8,11,13H,9-10,12H2,1H3,(H,20,21). The van der Waals surface area contributed by atoms with Gasteiger partial charge in [0.1, 0.15) is 0 Å². The zero-order valence-electron chi connectivity index (χ0n) is 12.1. The maximum absolute atomic E-state index is 11.0. The molecular formula is C18H19NO2. The Kier molecular flexibility index (Phi) is 3.76. The molecule has 0 bridgehead atoms. The van der Waals surface area contributed by atoms with Crippen molar-refractivity contribution in [3.05, 3.63) is 70.8 Å². The first kappa shape index (κ1) is 13.8. The van der Waals surface area contributed by atoms with Gasteiger partial charge in [0.2, 0.25) is 0 Å². The Hall–Kier alpha value is -2.13. The van der Waals surface area contributed by atoms with Crippen molar-refractivity contribution >= 4 is 5.97 Å². The zero-order valence-corrected chi connectivity index (χ0v) is 12.1. The average molecular weight is 281 g/mol. The van der Waals surface area contributed by atoms with Gasteiger partial charge >= 0.3 is 5.97 Å². The van der Waals surface area contributed by atoms with Crippen LogP contribution in [-0.4, -0.2) is 22.5 Å². The van der Waals surface area contributed by atoms with Gasteiger partial charge in [-0.2, -0.15) is 0 Å². The Morgan fingerprint density at radius 1 is 1.14 bits per heavy atom. The van der Waals surface area contributed by atoms with E-state index in [0.717, 1.165) is 19.5 Å². The van der Waals surface area contributed by atoms with Crippen LogP contribution in [0.5, 0.6) is 0 Å². The molecule has 0 spiro atoms. The van der Waals surface area contributed by atoms with E-state index < -0.39 is 5.97 Å². The molecule has 3 rings (SSSR count). The minimum Gasteiger partial charge on any atom is -0.478 e. The van der Waals surface area contributed by atoms with Gasteiger partial charge in [-0.25, -0.2) is 4.79 Å².